The fourth-order valence-corrected chi connectivity index (χ4v) is 3.97. The zero-order chi connectivity index (χ0) is 15.5. The topological polar surface area (TPSA) is 29.3 Å². The van der Waals surface area contributed by atoms with E-state index in [4.69, 9.17) is 5.73 Å². The van der Waals surface area contributed by atoms with Gasteiger partial charge in [0.05, 0.1) is 0 Å². The molecule has 2 unspecified atom stereocenters. The minimum atomic E-state index is 0.213. The summed E-state index contributed by atoms with van der Waals surface area (Å²) >= 11 is 0. The standard InChI is InChI=1S/C19H32N2/c1-5-21(13-18-9-8-16(3)17(4)11-18)19(14-20)10-6-7-15(2)12-19/h8-9,11,15H,5-7,10,12-14,20H2,1-4H3. The van der Waals surface area contributed by atoms with Crippen molar-refractivity contribution in [1.29, 1.82) is 0 Å². The fraction of sp³-hybridized carbons (Fsp3) is 0.684. The largest absolute Gasteiger partial charge is 0.329 e. The van der Waals surface area contributed by atoms with Crippen LogP contribution in [-0.4, -0.2) is 23.5 Å². The maximum atomic E-state index is 6.24. The van der Waals surface area contributed by atoms with Gasteiger partial charge in [-0.3, -0.25) is 4.90 Å². The number of hydrogen-bond acceptors (Lipinski definition) is 2. The van der Waals surface area contributed by atoms with Crippen LogP contribution in [0.25, 0.3) is 0 Å². The maximum Gasteiger partial charge on any atom is 0.0337 e. The van der Waals surface area contributed by atoms with Crippen LogP contribution in [0.3, 0.4) is 0 Å². The zero-order valence-corrected chi connectivity index (χ0v) is 14.3. The molecule has 1 aromatic rings. The van der Waals surface area contributed by atoms with Crippen molar-refractivity contribution >= 4 is 0 Å². The molecule has 0 aliphatic heterocycles. The van der Waals surface area contributed by atoms with E-state index in [1.54, 1.807) is 0 Å². The fourth-order valence-electron chi connectivity index (χ4n) is 3.97. The van der Waals surface area contributed by atoms with E-state index in [1.807, 2.05) is 0 Å². The number of nitrogens with two attached hydrogens (primary N) is 1. The van der Waals surface area contributed by atoms with Gasteiger partial charge in [0, 0.05) is 18.6 Å². The molecule has 0 aromatic heterocycles. The molecule has 0 spiro atoms. The summed E-state index contributed by atoms with van der Waals surface area (Å²) in [6, 6.07) is 6.87. The quantitative estimate of drug-likeness (QED) is 0.886. The Labute approximate surface area is 130 Å². The average Bonchev–Trinajstić information content (AvgIpc) is 2.48. The average molecular weight is 288 g/mol. The summed E-state index contributed by atoms with van der Waals surface area (Å²) in [5.74, 6) is 0.802. The van der Waals surface area contributed by atoms with E-state index in [9.17, 15) is 0 Å². The second kappa shape index (κ2) is 6.93. The lowest BCUT2D eigenvalue weighted by atomic mass is 9.75. The van der Waals surface area contributed by atoms with Crippen LogP contribution in [0.2, 0.25) is 0 Å². The van der Waals surface area contributed by atoms with E-state index in [0.717, 1.165) is 25.6 Å². The molecular formula is C19H32N2. The summed E-state index contributed by atoms with van der Waals surface area (Å²) in [6.45, 7) is 11.9. The second-order valence-electron chi connectivity index (χ2n) is 7.06. The maximum absolute atomic E-state index is 6.24. The van der Waals surface area contributed by atoms with Crippen LogP contribution >= 0.6 is 0 Å². The molecule has 0 radical (unpaired) electrons. The van der Waals surface area contributed by atoms with Crippen LogP contribution in [0.1, 0.15) is 56.2 Å². The molecule has 0 amide bonds. The van der Waals surface area contributed by atoms with Gasteiger partial charge in [0.2, 0.25) is 0 Å². The molecule has 0 heterocycles. The van der Waals surface area contributed by atoms with E-state index < -0.39 is 0 Å². The Hall–Kier alpha value is -0.860. The van der Waals surface area contributed by atoms with Crippen molar-refractivity contribution in [2.24, 2.45) is 11.7 Å². The van der Waals surface area contributed by atoms with Gasteiger partial charge in [-0.25, -0.2) is 0 Å². The monoisotopic (exact) mass is 288 g/mol. The molecule has 1 fully saturated rings. The van der Waals surface area contributed by atoms with Crippen LogP contribution in [-0.2, 0) is 6.54 Å². The van der Waals surface area contributed by atoms with E-state index in [1.165, 1.54) is 42.4 Å². The van der Waals surface area contributed by atoms with E-state index in [0.29, 0.717) is 0 Å². The summed E-state index contributed by atoms with van der Waals surface area (Å²) < 4.78 is 0. The molecular weight excluding hydrogens is 256 g/mol. The molecule has 1 saturated carbocycles. The highest BCUT2D eigenvalue weighted by atomic mass is 15.2. The van der Waals surface area contributed by atoms with E-state index in [-0.39, 0.29) is 5.54 Å². The molecule has 2 atom stereocenters. The van der Waals surface area contributed by atoms with Gasteiger partial charge in [0.15, 0.2) is 0 Å². The first-order valence-corrected chi connectivity index (χ1v) is 8.52. The highest BCUT2D eigenvalue weighted by molar-refractivity contribution is 5.30. The number of aryl methyl sites for hydroxylation is 2. The third-order valence-electron chi connectivity index (χ3n) is 5.44. The molecule has 2 heteroatoms. The third kappa shape index (κ3) is 3.67. The first kappa shape index (κ1) is 16.5. The third-order valence-corrected chi connectivity index (χ3v) is 5.44. The second-order valence-corrected chi connectivity index (χ2v) is 7.06. The van der Waals surface area contributed by atoms with Gasteiger partial charge in [-0.2, -0.15) is 0 Å². The number of rotatable bonds is 5. The van der Waals surface area contributed by atoms with Gasteiger partial charge in [-0.1, -0.05) is 44.9 Å². The normalized spacial score (nSPS) is 26.3. The van der Waals surface area contributed by atoms with Crippen molar-refractivity contribution in [2.75, 3.05) is 13.1 Å². The molecule has 118 valence electrons. The predicted molar refractivity (Wildman–Crippen MR) is 91.4 cm³/mol. The Morgan fingerprint density at radius 2 is 2.05 bits per heavy atom. The molecule has 2 N–H and O–H groups in total. The molecule has 21 heavy (non-hydrogen) atoms. The summed E-state index contributed by atoms with van der Waals surface area (Å²) in [5.41, 5.74) is 10.6. The van der Waals surface area contributed by atoms with Crippen molar-refractivity contribution in [3.8, 4) is 0 Å². The van der Waals surface area contributed by atoms with Crippen LogP contribution in [0, 0.1) is 19.8 Å². The summed E-state index contributed by atoms with van der Waals surface area (Å²) in [7, 11) is 0. The molecule has 0 bridgehead atoms. The van der Waals surface area contributed by atoms with Crippen LogP contribution in [0.15, 0.2) is 18.2 Å². The minimum Gasteiger partial charge on any atom is -0.329 e. The van der Waals surface area contributed by atoms with Crippen molar-refractivity contribution < 1.29 is 0 Å². The van der Waals surface area contributed by atoms with Crippen LogP contribution < -0.4 is 5.73 Å². The van der Waals surface area contributed by atoms with Gasteiger partial charge in [0.1, 0.15) is 0 Å². The van der Waals surface area contributed by atoms with Crippen LogP contribution in [0.5, 0.6) is 0 Å². The van der Waals surface area contributed by atoms with Crippen molar-refractivity contribution in [2.45, 2.75) is 65.5 Å². The summed E-state index contributed by atoms with van der Waals surface area (Å²) in [4.78, 5) is 2.63. The highest BCUT2D eigenvalue weighted by Gasteiger charge is 2.38. The van der Waals surface area contributed by atoms with Gasteiger partial charge < -0.3 is 5.73 Å². The SMILES string of the molecule is CCN(Cc1ccc(C)c(C)c1)C1(CN)CCCC(C)C1. The smallest absolute Gasteiger partial charge is 0.0337 e. The molecule has 1 aliphatic rings. The zero-order valence-electron chi connectivity index (χ0n) is 14.3. The Balaban J connectivity index is 2.19. The Bertz CT molecular complexity index is 469. The first-order chi connectivity index (χ1) is 10.0. The first-order valence-electron chi connectivity index (χ1n) is 8.52. The van der Waals surface area contributed by atoms with Gasteiger partial charge in [0.25, 0.3) is 0 Å². The Morgan fingerprint density at radius 1 is 1.29 bits per heavy atom. The van der Waals surface area contributed by atoms with E-state index >= 15 is 0 Å². The van der Waals surface area contributed by atoms with Gasteiger partial charge in [-0.15, -0.1) is 0 Å². The van der Waals surface area contributed by atoms with Gasteiger partial charge >= 0.3 is 0 Å². The van der Waals surface area contributed by atoms with Crippen molar-refractivity contribution in [3.05, 3.63) is 34.9 Å². The molecule has 2 nitrogen and oxygen atoms in total. The Kier molecular flexibility index (Phi) is 5.45. The van der Waals surface area contributed by atoms with Crippen molar-refractivity contribution in [3.63, 3.8) is 0 Å². The number of hydrogen-bond donors (Lipinski definition) is 1. The lowest BCUT2D eigenvalue weighted by Crippen LogP contribution is -2.55. The van der Waals surface area contributed by atoms with Crippen LogP contribution in [0.4, 0.5) is 0 Å². The van der Waals surface area contributed by atoms with Crippen molar-refractivity contribution in [1.82, 2.24) is 4.90 Å². The molecule has 1 aliphatic carbocycles. The molecule has 0 saturated heterocycles. The lowest BCUT2D eigenvalue weighted by molar-refractivity contribution is 0.0367. The summed E-state index contributed by atoms with van der Waals surface area (Å²) in [5, 5.41) is 0. The summed E-state index contributed by atoms with van der Waals surface area (Å²) in [6.07, 6.45) is 5.19. The molecule has 1 aromatic carbocycles. The van der Waals surface area contributed by atoms with Gasteiger partial charge in [-0.05, 0) is 55.8 Å². The minimum absolute atomic E-state index is 0.213. The van der Waals surface area contributed by atoms with E-state index in [2.05, 4.69) is 50.8 Å². The highest BCUT2D eigenvalue weighted by Crippen LogP contribution is 2.37. The number of likely N-dealkylation sites (N-methyl/N-ethyl adjacent to an activating group) is 1. The lowest BCUT2D eigenvalue weighted by Gasteiger charge is -2.47. The Morgan fingerprint density at radius 3 is 2.62 bits per heavy atom. The predicted octanol–water partition coefficient (Wildman–Crippen LogP) is 4.03. The number of nitrogens with zero attached hydrogens (tertiary/aromatic N) is 1. The number of benzene rings is 1. The molecule has 2 rings (SSSR count).